The van der Waals surface area contributed by atoms with Gasteiger partial charge in [-0.2, -0.15) is 0 Å². The zero-order valence-corrected chi connectivity index (χ0v) is 10.7. The first-order valence-electron chi connectivity index (χ1n) is 6.45. The quantitative estimate of drug-likeness (QED) is 0.849. The van der Waals surface area contributed by atoms with Gasteiger partial charge in [0.1, 0.15) is 5.82 Å². The van der Waals surface area contributed by atoms with Crippen molar-refractivity contribution in [1.29, 1.82) is 0 Å². The highest BCUT2D eigenvalue weighted by molar-refractivity contribution is 5.53. The highest BCUT2D eigenvalue weighted by atomic mass is 19.1. The van der Waals surface area contributed by atoms with E-state index in [-0.39, 0.29) is 5.82 Å². The van der Waals surface area contributed by atoms with Crippen LogP contribution in [0.5, 0.6) is 0 Å². The van der Waals surface area contributed by atoms with Gasteiger partial charge in [0, 0.05) is 36.9 Å². The van der Waals surface area contributed by atoms with Crippen LogP contribution in [0.2, 0.25) is 0 Å². The molecule has 0 saturated carbocycles. The number of anilines is 1. The summed E-state index contributed by atoms with van der Waals surface area (Å²) in [6.45, 7) is 7.02. The van der Waals surface area contributed by atoms with Crippen molar-refractivity contribution in [2.24, 2.45) is 0 Å². The van der Waals surface area contributed by atoms with Crippen molar-refractivity contribution < 1.29 is 4.39 Å². The molecule has 17 heavy (non-hydrogen) atoms. The molecule has 0 radical (unpaired) electrons. The molecule has 1 heterocycles. The standard InChI is InChI=1S/C14H21FN2/c1-3-12-7-9-17(10-8-16-12)14-6-4-5-13(15)11(14)2/h4-6,12,16H,3,7-10H2,1-2H3. The van der Waals surface area contributed by atoms with Crippen molar-refractivity contribution in [1.82, 2.24) is 5.32 Å². The lowest BCUT2D eigenvalue weighted by molar-refractivity contribution is 0.510. The Kier molecular flexibility index (Phi) is 4.00. The van der Waals surface area contributed by atoms with Crippen LogP contribution >= 0.6 is 0 Å². The minimum absolute atomic E-state index is 0.105. The summed E-state index contributed by atoms with van der Waals surface area (Å²) in [4.78, 5) is 2.29. The van der Waals surface area contributed by atoms with E-state index in [1.165, 1.54) is 6.07 Å². The van der Waals surface area contributed by atoms with E-state index in [1.54, 1.807) is 6.07 Å². The van der Waals surface area contributed by atoms with Crippen molar-refractivity contribution in [2.45, 2.75) is 32.7 Å². The summed E-state index contributed by atoms with van der Waals surface area (Å²) in [6, 6.07) is 5.95. The number of nitrogens with zero attached hydrogens (tertiary/aromatic N) is 1. The van der Waals surface area contributed by atoms with Crippen molar-refractivity contribution in [3.63, 3.8) is 0 Å². The zero-order valence-electron chi connectivity index (χ0n) is 10.7. The van der Waals surface area contributed by atoms with E-state index in [9.17, 15) is 4.39 Å². The molecule has 0 spiro atoms. The van der Waals surface area contributed by atoms with Crippen molar-refractivity contribution in [3.05, 3.63) is 29.6 Å². The van der Waals surface area contributed by atoms with E-state index >= 15 is 0 Å². The third-order valence-electron chi connectivity index (χ3n) is 3.63. The number of rotatable bonds is 2. The van der Waals surface area contributed by atoms with Gasteiger partial charge in [-0.15, -0.1) is 0 Å². The van der Waals surface area contributed by atoms with E-state index in [1.807, 2.05) is 13.0 Å². The molecule has 1 saturated heterocycles. The third-order valence-corrected chi connectivity index (χ3v) is 3.63. The second-order valence-corrected chi connectivity index (χ2v) is 4.72. The second kappa shape index (κ2) is 5.50. The van der Waals surface area contributed by atoms with Gasteiger partial charge in [-0.05, 0) is 31.9 Å². The van der Waals surface area contributed by atoms with Gasteiger partial charge in [-0.1, -0.05) is 13.0 Å². The first kappa shape index (κ1) is 12.4. The Bertz CT molecular complexity index is 378. The number of benzene rings is 1. The molecule has 0 amide bonds. The van der Waals surface area contributed by atoms with Crippen molar-refractivity contribution in [2.75, 3.05) is 24.5 Å². The molecule has 1 aromatic rings. The van der Waals surface area contributed by atoms with Crippen LogP contribution in [-0.2, 0) is 0 Å². The average molecular weight is 236 g/mol. The van der Waals surface area contributed by atoms with Crippen LogP contribution < -0.4 is 10.2 Å². The van der Waals surface area contributed by atoms with Crippen molar-refractivity contribution in [3.8, 4) is 0 Å². The molecule has 1 N–H and O–H groups in total. The first-order chi connectivity index (χ1) is 8.22. The Hall–Kier alpha value is -1.09. The lowest BCUT2D eigenvalue weighted by Crippen LogP contribution is -2.30. The second-order valence-electron chi connectivity index (χ2n) is 4.72. The van der Waals surface area contributed by atoms with Crippen LogP contribution in [0, 0.1) is 12.7 Å². The molecule has 2 rings (SSSR count). The number of hydrogen-bond donors (Lipinski definition) is 1. The summed E-state index contributed by atoms with van der Waals surface area (Å²) in [5.41, 5.74) is 1.81. The Labute approximate surface area is 103 Å². The van der Waals surface area contributed by atoms with Gasteiger partial charge in [0.15, 0.2) is 0 Å². The summed E-state index contributed by atoms with van der Waals surface area (Å²) < 4.78 is 13.5. The largest absolute Gasteiger partial charge is 0.370 e. The molecule has 0 bridgehead atoms. The molecule has 1 atom stereocenters. The summed E-state index contributed by atoms with van der Waals surface area (Å²) in [5, 5.41) is 3.53. The monoisotopic (exact) mass is 236 g/mol. The Morgan fingerprint density at radius 3 is 3.00 bits per heavy atom. The number of nitrogens with one attached hydrogen (secondary N) is 1. The summed E-state index contributed by atoms with van der Waals surface area (Å²) in [7, 11) is 0. The molecule has 1 unspecified atom stereocenters. The normalized spacial score (nSPS) is 21.4. The Balaban J connectivity index is 2.14. The van der Waals surface area contributed by atoms with E-state index < -0.39 is 0 Å². The lowest BCUT2D eigenvalue weighted by Gasteiger charge is -2.24. The third kappa shape index (κ3) is 2.78. The predicted molar refractivity (Wildman–Crippen MR) is 70.0 cm³/mol. The minimum Gasteiger partial charge on any atom is -0.370 e. The summed E-state index contributed by atoms with van der Waals surface area (Å²) in [6.07, 6.45) is 2.29. The topological polar surface area (TPSA) is 15.3 Å². The van der Waals surface area contributed by atoms with Crippen LogP contribution in [0.4, 0.5) is 10.1 Å². The van der Waals surface area contributed by atoms with E-state index in [0.29, 0.717) is 6.04 Å². The molecule has 0 aromatic heterocycles. The molecule has 2 nitrogen and oxygen atoms in total. The van der Waals surface area contributed by atoms with Crippen molar-refractivity contribution >= 4 is 5.69 Å². The molecule has 1 aromatic carbocycles. The molecule has 3 heteroatoms. The van der Waals surface area contributed by atoms with Crippen LogP contribution in [0.3, 0.4) is 0 Å². The van der Waals surface area contributed by atoms with Crippen LogP contribution in [-0.4, -0.2) is 25.7 Å². The Morgan fingerprint density at radius 1 is 1.41 bits per heavy atom. The van der Waals surface area contributed by atoms with Gasteiger partial charge in [-0.25, -0.2) is 4.39 Å². The molecular weight excluding hydrogens is 215 g/mol. The number of halogens is 1. The molecular formula is C14H21FN2. The maximum Gasteiger partial charge on any atom is 0.128 e. The first-order valence-corrected chi connectivity index (χ1v) is 6.45. The van der Waals surface area contributed by atoms with Crippen LogP contribution in [0.25, 0.3) is 0 Å². The van der Waals surface area contributed by atoms with Gasteiger partial charge >= 0.3 is 0 Å². The van der Waals surface area contributed by atoms with Crippen LogP contribution in [0.15, 0.2) is 18.2 Å². The fourth-order valence-corrected chi connectivity index (χ4v) is 2.46. The van der Waals surface area contributed by atoms with Gasteiger partial charge in [-0.3, -0.25) is 0 Å². The van der Waals surface area contributed by atoms with Crippen LogP contribution in [0.1, 0.15) is 25.3 Å². The molecule has 0 aliphatic carbocycles. The highest BCUT2D eigenvalue weighted by Gasteiger charge is 2.17. The minimum atomic E-state index is -0.105. The lowest BCUT2D eigenvalue weighted by atomic mass is 10.1. The van der Waals surface area contributed by atoms with Gasteiger partial charge in [0.05, 0.1) is 0 Å². The fraction of sp³-hybridized carbons (Fsp3) is 0.571. The van der Waals surface area contributed by atoms with E-state index in [0.717, 1.165) is 43.7 Å². The SMILES string of the molecule is CCC1CCN(c2cccc(F)c2C)CCN1. The molecule has 1 aliphatic heterocycles. The predicted octanol–water partition coefficient (Wildman–Crippen LogP) is 2.71. The smallest absolute Gasteiger partial charge is 0.128 e. The maximum atomic E-state index is 13.5. The molecule has 1 fully saturated rings. The van der Waals surface area contributed by atoms with E-state index in [4.69, 9.17) is 0 Å². The highest BCUT2D eigenvalue weighted by Crippen LogP contribution is 2.23. The Morgan fingerprint density at radius 2 is 2.24 bits per heavy atom. The van der Waals surface area contributed by atoms with Gasteiger partial charge in [0.2, 0.25) is 0 Å². The maximum absolute atomic E-state index is 13.5. The van der Waals surface area contributed by atoms with E-state index in [2.05, 4.69) is 17.1 Å². The van der Waals surface area contributed by atoms with Gasteiger partial charge in [0.25, 0.3) is 0 Å². The summed E-state index contributed by atoms with van der Waals surface area (Å²) in [5.74, 6) is -0.105. The molecule has 1 aliphatic rings. The summed E-state index contributed by atoms with van der Waals surface area (Å²) >= 11 is 0. The van der Waals surface area contributed by atoms with Gasteiger partial charge < -0.3 is 10.2 Å². The molecule has 94 valence electrons. The fourth-order valence-electron chi connectivity index (χ4n) is 2.46. The average Bonchev–Trinajstić information content (AvgIpc) is 2.58. The number of hydrogen-bond acceptors (Lipinski definition) is 2. The zero-order chi connectivity index (χ0) is 12.3.